The molecule has 0 heterocycles. The summed E-state index contributed by atoms with van der Waals surface area (Å²) in [7, 11) is 1.98. The molecule has 0 spiro atoms. The fourth-order valence-corrected chi connectivity index (χ4v) is 1.46. The SMILES string of the molecule is CCN/C=C(/c1ccccc1)C(C)NC. The molecule has 0 bridgehead atoms. The summed E-state index contributed by atoms with van der Waals surface area (Å²) >= 11 is 0. The van der Waals surface area contributed by atoms with Crippen molar-refractivity contribution in [3.63, 3.8) is 0 Å². The Morgan fingerprint density at radius 2 is 2.00 bits per heavy atom. The number of likely N-dealkylation sites (N-methyl/N-ethyl adjacent to an activating group) is 1. The second-order valence-corrected chi connectivity index (χ2v) is 3.53. The molecule has 0 fully saturated rings. The third-order valence-electron chi connectivity index (χ3n) is 2.47. The first-order valence-corrected chi connectivity index (χ1v) is 5.45. The van der Waals surface area contributed by atoms with Crippen molar-refractivity contribution in [3.8, 4) is 0 Å². The van der Waals surface area contributed by atoms with Gasteiger partial charge in [0.05, 0.1) is 0 Å². The van der Waals surface area contributed by atoms with E-state index in [-0.39, 0.29) is 0 Å². The van der Waals surface area contributed by atoms with Crippen LogP contribution in [0.5, 0.6) is 0 Å². The molecule has 2 heteroatoms. The van der Waals surface area contributed by atoms with E-state index < -0.39 is 0 Å². The summed E-state index contributed by atoms with van der Waals surface area (Å²) in [5.41, 5.74) is 2.56. The maximum atomic E-state index is 3.26. The number of benzene rings is 1. The molecule has 0 aliphatic rings. The van der Waals surface area contributed by atoms with E-state index in [9.17, 15) is 0 Å². The molecule has 1 aromatic rings. The van der Waals surface area contributed by atoms with Gasteiger partial charge in [-0.15, -0.1) is 0 Å². The van der Waals surface area contributed by atoms with Crippen molar-refractivity contribution in [2.45, 2.75) is 19.9 Å². The summed E-state index contributed by atoms with van der Waals surface area (Å²) in [5, 5.41) is 6.52. The normalized spacial score (nSPS) is 13.7. The van der Waals surface area contributed by atoms with Crippen LogP contribution in [-0.4, -0.2) is 19.6 Å². The number of rotatable bonds is 5. The predicted molar refractivity (Wildman–Crippen MR) is 66.6 cm³/mol. The van der Waals surface area contributed by atoms with Gasteiger partial charge in [0.1, 0.15) is 0 Å². The van der Waals surface area contributed by atoms with Crippen molar-refractivity contribution in [2.75, 3.05) is 13.6 Å². The zero-order valence-electron chi connectivity index (χ0n) is 9.75. The lowest BCUT2D eigenvalue weighted by Gasteiger charge is -2.16. The van der Waals surface area contributed by atoms with Crippen LogP contribution < -0.4 is 10.6 Å². The number of hydrogen-bond donors (Lipinski definition) is 2. The van der Waals surface area contributed by atoms with Gasteiger partial charge >= 0.3 is 0 Å². The third kappa shape index (κ3) is 3.40. The van der Waals surface area contributed by atoms with E-state index in [0.29, 0.717) is 6.04 Å². The Bertz CT molecular complexity index is 304. The Kier molecular flexibility index (Phi) is 4.91. The van der Waals surface area contributed by atoms with E-state index in [1.165, 1.54) is 11.1 Å². The molecule has 1 aromatic carbocycles. The topological polar surface area (TPSA) is 24.1 Å². The van der Waals surface area contributed by atoms with Gasteiger partial charge < -0.3 is 10.6 Å². The van der Waals surface area contributed by atoms with E-state index in [4.69, 9.17) is 0 Å². The van der Waals surface area contributed by atoms with Crippen LogP contribution in [0.3, 0.4) is 0 Å². The predicted octanol–water partition coefficient (Wildman–Crippen LogP) is 2.24. The van der Waals surface area contributed by atoms with Gasteiger partial charge in [-0.3, -0.25) is 0 Å². The molecule has 82 valence electrons. The molecule has 0 aliphatic carbocycles. The summed E-state index contributed by atoms with van der Waals surface area (Å²) in [6.07, 6.45) is 2.09. The largest absolute Gasteiger partial charge is 0.391 e. The van der Waals surface area contributed by atoms with Crippen LogP contribution >= 0.6 is 0 Å². The second kappa shape index (κ2) is 6.25. The highest BCUT2D eigenvalue weighted by molar-refractivity contribution is 5.68. The van der Waals surface area contributed by atoms with Gasteiger partial charge in [-0.2, -0.15) is 0 Å². The molecule has 1 unspecified atom stereocenters. The van der Waals surface area contributed by atoms with Gasteiger partial charge in [-0.05, 0) is 32.0 Å². The highest BCUT2D eigenvalue weighted by Gasteiger charge is 2.07. The average Bonchev–Trinajstić information content (AvgIpc) is 2.30. The van der Waals surface area contributed by atoms with Crippen molar-refractivity contribution in [1.82, 2.24) is 10.6 Å². The van der Waals surface area contributed by atoms with Crippen molar-refractivity contribution in [1.29, 1.82) is 0 Å². The molecule has 2 nitrogen and oxygen atoms in total. The van der Waals surface area contributed by atoms with Gasteiger partial charge in [-0.25, -0.2) is 0 Å². The number of nitrogens with one attached hydrogen (secondary N) is 2. The molecule has 0 radical (unpaired) electrons. The van der Waals surface area contributed by atoms with Crippen LogP contribution in [0.1, 0.15) is 19.4 Å². The third-order valence-corrected chi connectivity index (χ3v) is 2.47. The molecular formula is C13H20N2. The molecule has 0 saturated carbocycles. The summed E-state index contributed by atoms with van der Waals surface area (Å²) in [4.78, 5) is 0. The number of hydrogen-bond acceptors (Lipinski definition) is 2. The lowest BCUT2D eigenvalue weighted by Crippen LogP contribution is -2.24. The van der Waals surface area contributed by atoms with Crippen LogP contribution in [0.15, 0.2) is 36.5 Å². The Morgan fingerprint density at radius 3 is 2.53 bits per heavy atom. The minimum Gasteiger partial charge on any atom is -0.391 e. The van der Waals surface area contributed by atoms with Gasteiger partial charge in [0.25, 0.3) is 0 Å². The summed E-state index contributed by atoms with van der Waals surface area (Å²) < 4.78 is 0. The van der Waals surface area contributed by atoms with Crippen LogP contribution in [0.4, 0.5) is 0 Å². The molecule has 15 heavy (non-hydrogen) atoms. The average molecular weight is 204 g/mol. The Hall–Kier alpha value is -1.28. The lowest BCUT2D eigenvalue weighted by molar-refractivity contribution is 0.739. The monoisotopic (exact) mass is 204 g/mol. The van der Waals surface area contributed by atoms with Crippen LogP contribution in [0.2, 0.25) is 0 Å². The zero-order valence-corrected chi connectivity index (χ0v) is 9.75. The van der Waals surface area contributed by atoms with Crippen LogP contribution in [-0.2, 0) is 0 Å². The molecule has 1 rings (SSSR count). The maximum Gasteiger partial charge on any atom is 0.0309 e. The highest BCUT2D eigenvalue weighted by Crippen LogP contribution is 2.16. The van der Waals surface area contributed by atoms with Gasteiger partial charge in [-0.1, -0.05) is 30.3 Å². The van der Waals surface area contributed by atoms with Crippen molar-refractivity contribution >= 4 is 5.57 Å². The second-order valence-electron chi connectivity index (χ2n) is 3.53. The van der Waals surface area contributed by atoms with E-state index in [1.807, 2.05) is 13.1 Å². The highest BCUT2D eigenvalue weighted by atomic mass is 14.9. The molecule has 1 atom stereocenters. The van der Waals surface area contributed by atoms with E-state index in [0.717, 1.165) is 6.54 Å². The molecule has 2 N–H and O–H groups in total. The van der Waals surface area contributed by atoms with E-state index in [1.54, 1.807) is 0 Å². The van der Waals surface area contributed by atoms with Gasteiger partial charge in [0, 0.05) is 18.8 Å². The lowest BCUT2D eigenvalue weighted by atomic mass is 10.0. The van der Waals surface area contributed by atoms with Crippen molar-refractivity contribution in [3.05, 3.63) is 42.1 Å². The van der Waals surface area contributed by atoms with E-state index >= 15 is 0 Å². The first kappa shape index (κ1) is 11.8. The Balaban J connectivity index is 2.91. The molecule has 0 saturated heterocycles. The maximum absolute atomic E-state index is 3.26. The fraction of sp³-hybridized carbons (Fsp3) is 0.385. The van der Waals surface area contributed by atoms with Crippen molar-refractivity contribution < 1.29 is 0 Å². The minimum absolute atomic E-state index is 0.353. The van der Waals surface area contributed by atoms with Gasteiger partial charge in [0.2, 0.25) is 0 Å². The van der Waals surface area contributed by atoms with Gasteiger partial charge in [0.15, 0.2) is 0 Å². The quantitative estimate of drug-likeness (QED) is 0.768. The first-order chi connectivity index (χ1) is 7.29. The van der Waals surface area contributed by atoms with Crippen molar-refractivity contribution in [2.24, 2.45) is 0 Å². The fourth-order valence-electron chi connectivity index (χ4n) is 1.46. The van der Waals surface area contributed by atoms with Crippen LogP contribution in [0.25, 0.3) is 5.57 Å². The summed E-state index contributed by atoms with van der Waals surface area (Å²) in [6.45, 7) is 5.21. The summed E-state index contributed by atoms with van der Waals surface area (Å²) in [5.74, 6) is 0. The Labute approximate surface area is 92.4 Å². The molecular weight excluding hydrogens is 184 g/mol. The minimum atomic E-state index is 0.353. The standard InChI is InChI=1S/C13H20N2/c1-4-15-10-13(11(2)14-3)12-8-6-5-7-9-12/h5-11,14-15H,4H2,1-3H3/b13-10+. The molecule has 0 aromatic heterocycles. The van der Waals surface area contributed by atoms with E-state index in [2.05, 4.69) is 54.9 Å². The Morgan fingerprint density at radius 1 is 1.33 bits per heavy atom. The smallest absolute Gasteiger partial charge is 0.0309 e. The zero-order chi connectivity index (χ0) is 11.1. The first-order valence-electron chi connectivity index (χ1n) is 5.45. The molecule has 0 amide bonds. The summed E-state index contributed by atoms with van der Waals surface area (Å²) in [6, 6.07) is 10.8. The molecule has 0 aliphatic heterocycles. The van der Waals surface area contributed by atoms with Crippen LogP contribution in [0, 0.1) is 0 Å².